The summed E-state index contributed by atoms with van der Waals surface area (Å²) in [5.74, 6) is 0.215. The van der Waals surface area contributed by atoms with Crippen molar-refractivity contribution >= 4 is 23.3 Å². The topological polar surface area (TPSA) is 85.9 Å². The first kappa shape index (κ1) is 16.6. The number of hydrogen-bond donors (Lipinski definition) is 2. The van der Waals surface area contributed by atoms with Crippen LogP contribution in [0.3, 0.4) is 0 Å². The van der Waals surface area contributed by atoms with Crippen molar-refractivity contribution in [1.29, 1.82) is 0 Å². The number of amides is 1. The molecule has 130 valence electrons. The van der Waals surface area contributed by atoms with E-state index >= 15 is 0 Å². The maximum atomic E-state index is 12.2. The first-order valence-corrected chi connectivity index (χ1v) is 7.63. The molecule has 2 aromatic carbocycles. The predicted molar refractivity (Wildman–Crippen MR) is 92.1 cm³/mol. The molecule has 0 saturated carbocycles. The summed E-state index contributed by atoms with van der Waals surface area (Å²) in [6, 6.07) is 10.6. The van der Waals surface area contributed by atoms with Gasteiger partial charge < -0.3 is 24.8 Å². The minimum atomic E-state index is -0.631. The van der Waals surface area contributed by atoms with Gasteiger partial charge in [-0.15, -0.1) is 0 Å². The van der Waals surface area contributed by atoms with Gasteiger partial charge in [-0.05, 0) is 36.4 Å². The lowest BCUT2D eigenvalue weighted by Gasteiger charge is -2.15. The lowest BCUT2D eigenvalue weighted by molar-refractivity contribution is -0.114. The van der Waals surface area contributed by atoms with Crippen molar-refractivity contribution in [2.75, 3.05) is 24.9 Å². The third-order valence-electron chi connectivity index (χ3n) is 3.79. The van der Waals surface area contributed by atoms with E-state index in [0.717, 1.165) is 5.69 Å². The highest BCUT2D eigenvalue weighted by atomic mass is 16.6. The van der Waals surface area contributed by atoms with Crippen LogP contribution in [0.5, 0.6) is 11.5 Å². The molecule has 25 heavy (non-hydrogen) atoms. The first-order valence-electron chi connectivity index (χ1n) is 7.63. The van der Waals surface area contributed by atoms with Gasteiger partial charge in [-0.3, -0.25) is 4.79 Å². The van der Waals surface area contributed by atoms with Crippen LogP contribution in [0.2, 0.25) is 0 Å². The van der Waals surface area contributed by atoms with Crippen LogP contribution in [0.1, 0.15) is 29.1 Å². The molecule has 0 fully saturated rings. The third kappa shape index (κ3) is 3.21. The van der Waals surface area contributed by atoms with Gasteiger partial charge >= 0.3 is 5.97 Å². The molecule has 1 amide bonds. The number of esters is 1. The Morgan fingerprint density at radius 3 is 2.32 bits per heavy atom. The van der Waals surface area contributed by atoms with Crippen LogP contribution < -0.4 is 20.1 Å². The molecule has 1 atom stereocenters. The zero-order chi connectivity index (χ0) is 18.0. The average Bonchev–Trinajstić information content (AvgIpc) is 2.91. The summed E-state index contributed by atoms with van der Waals surface area (Å²) in [4.78, 5) is 23.3. The molecular weight excluding hydrogens is 324 g/mol. The van der Waals surface area contributed by atoms with Crippen molar-refractivity contribution < 1.29 is 23.8 Å². The van der Waals surface area contributed by atoms with Gasteiger partial charge in [0, 0.05) is 23.9 Å². The number of fused-ring (bicyclic) bond motifs is 1. The van der Waals surface area contributed by atoms with E-state index < -0.39 is 12.2 Å². The van der Waals surface area contributed by atoms with Gasteiger partial charge in [0.05, 0.1) is 14.2 Å². The van der Waals surface area contributed by atoms with Crippen molar-refractivity contribution in [3.63, 3.8) is 0 Å². The number of anilines is 2. The number of cyclic esters (lactones) is 1. The predicted octanol–water partition coefficient (Wildman–Crippen LogP) is 2.94. The largest absolute Gasteiger partial charge is 0.493 e. The molecule has 0 aliphatic carbocycles. The summed E-state index contributed by atoms with van der Waals surface area (Å²) < 4.78 is 15.9. The highest BCUT2D eigenvalue weighted by Crippen LogP contribution is 2.42. The Morgan fingerprint density at radius 2 is 1.72 bits per heavy atom. The molecule has 0 bridgehead atoms. The molecule has 3 rings (SSSR count). The van der Waals surface area contributed by atoms with Crippen molar-refractivity contribution in [2.24, 2.45) is 0 Å². The SMILES string of the molecule is COc1ccc2c(c1OC)C(=O)O[C@@H]2Nc1ccc(NC(C)=O)cc1. The number of carbonyl (C=O) groups excluding carboxylic acids is 2. The molecule has 1 aliphatic rings. The number of hydrogen-bond acceptors (Lipinski definition) is 6. The normalized spacial score (nSPS) is 15.2. The lowest BCUT2D eigenvalue weighted by Crippen LogP contribution is -2.10. The fraction of sp³-hybridized carbons (Fsp3) is 0.222. The number of nitrogens with one attached hydrogen (secondary N) is 2. The first-order chi connectivity index (χ1) is 12.0. The Hall–Kier alpha value is -3.22. The van der Waals surface area contributed by atoms with E-state index in [1.807, 2.05) is 0 Å². The number of carbonyl (C=O) groups is 2. The minimum Gasteiger partial charge on any atom is -0.493 e. The third-order valence-corrected chi connectivity index (χ3v) is 3.79. The van der Waals surface area contributed by atoms with Crippen molar-refractivity contribution in [2.45, 2.75) is 13.2 Å². The number of benzene rings is 2. The second-order valence-corrected chi connectivity index (χ2v) is 5.45. The molecule has 1 heterocycles. The molecule has 7 heteroatoms. The van der Waals surface area contributed by atoms with Crippen LogP contribution in [0.15, 0.2) is 36.4 Å². The van der Waals surface area contributed by atoms with Gasteiger partial charge in [-0.2, -0.15) is 0 Å². The summed E-state index contributed by atoms with van der Waals surface area (Å²) in [6.45, 7) is 1.45. The van der Waals surface area contributed by atoms with E-state index in [9.17, 15) is 9.59 Å². The monoisotopic (exact) mass is 342 g/mol. The molecule has 0 aromatic heterocycles. The maximum Gasteiger partial charge on any atom is 0.344 e. The smallest absolute Gasteiger partial charge is 0.344 e. The summed E-state index contributed by atoms with van der Waals surface area (Å²) in [5.41, 5.74) is 2.46. The molecule has 0 spiro atoms. The van der Waals surface area contributed by atoms with E-state index in [0.29, 0.717) is 28.3 Å². The highest BCUT2D eigenvalue weighted by Gasteiger charge is 2.35. The molecule has 1 aliphatic heterocycles. The van der Waals surface area contributed by atoms with E-state index in [1.165, 1.54) is 21.1 Å². The van der Waals surface area contributed by atoms with E-state index in [2.05, 4.69) is 10.6 Å². The number of ether oxygens (including phenoxy) is 3. The second kappa shape index (κ2) is 6.72. The summed E-state index contributed by atoms with van der Waals surface area (Å²) in [6.07, 6.45) is -0.631. The van der Waals surface area contributed by atoms with Crippen molar-refractivity contribution in [3.05, 3.63) is 47.5 Å². The molecule has 7 nitrogen and oxygen atoms in total. The van der Waals surface area contributed by atoms with E-state index in [4.69, 9.17) is 14.2 Å². The van der Waals surface area contributed by atoms with Gasteiger partial charge in [0.15, 0.2) is 11.5 Å². The quantitative estimate of drug-likeness (QED) is 0.813. The Bertz CT molecular complexity index is 817. The number of methoxy groups -OCH3 is 2. The van der Waals surface area contributed by atoms with Crippen molar-refractivity contribution in [3.8, 4) is 11.5 Å². The van der Waals surface area contributed by atoms with Gasteiger partial charge in [0.1, 0.15) is 5.56 Å². The van der Waals surface area contributed by atoms with Crippen LogP contribution in [0, 0.1) is 0 Å². The van der Waals surface area contributed by atoms with Crippen molar-refractivity contribution in [1.82, 2.24) is 0 Å². The average molecular weight is 342 g/mol. The van der Waals surface area contributed by atoms with Crippen LogP contribution in [-0.4, -0.2) is 26.1 Å². The van der Waals surface area contributed by atoms with Gasteiger partial charge in [-0.1, -0.05) is 0 Å². The molecule has 2 N–H and O–H groups in total. The Kier molecular flexibility index (Phi) is 4.47. The Balaban J connectivity index is 1.85. The van der Waals surface area contributed by atoms with Gasteiger partial charge in [0.25, 0.3) is 0 Å². The van der Waals surface area contributed by atoms with Crippen LogP contribution in [-0.2, 0) is 9.53 Å². The minimum absolute atomic E-state index is 0.139. The highest BCUT2D eigenvalue weighted by molar-refractivity contribution is 5.98. The summed E-state index contributed by atoms with van der Waals surface area (Å²) in [7, 11) is 2.99. The summed E-state index contributed by atoms with van der Waals surface area (Å²) >= 11 is 0. The zero-order valence-electron chi connectivity index (χ0n) is 14.1. The summed E-state index contributed by atoms with van der Waals surface area (Å²) in [5, 5.41) is 5.84. The Morgan fingerprint density at radius 1 is 1.04 bits per heavy atom. The van der Waals surface area contributed by atoms with E-state index in [-0.39, 0.29) is 5.91 Å². The molecule has 0 radical (unpaired) electrons. The van der Waals surface area contributed by atoms with E-state index in [1.54, 1.807) is 36.4 Å². The van der Waals surface area contributed by atoms with Crippen LogP contribution in [0.4, 0.5) is 11.4 Å². The zero-order valence-corrected chi connectivity index (χ0v) is 14.1. The molecule has 0 unspecified atom stereocenters. The number of rotatable bonds is 5. The van der Waals surface area contributed by atoms with Gasteiger partial charge in [0.2, 0.25) is 12.1 Å². The van der Waals surface area contributed by atoms with Gasteiger partial charge in [-0.25, -0.2) is 4.79 Å². The molecule has 2 aromatic rings. The second-order valence-electron chi connectivity index (χ2n) is 5.45. The fourth-order valence-corrected chi connectivity index (χ4v) is 2.71. The standard InChI is InChI=1S/C18H18N2O5/c1-10(21)19-11-4-6-12(7-5-11)20-17-13-8-9-14(23-2)16(24-3)15(13)18(22)25-17/h4-9,17,20H,1-3H3,(H,19,21)/t17-/m0/s1. The molecular formula is C18H18N2O5. The van der Waals surface area contributed by atoms with Crippen LogP contribution in [0.25, 0.3) is 0 Å². The lowest BCUT2D eigenvalue weighted by atomic mass is 10.1. The van der Waals surface area contributed by atoms with Crippen LogP contribution >= 0.6 is 0 Å². The maximum absolute atomic E-state index is 12.2. The fourth-order valence-electron chi connectivity index (χ4n) is 2.71. The molecule has 0 saturated heterocycles. The Labute approximate surface area is 144 Å².